The molecular formula is C23H22ClN3O5S. The number of nitrogens with one attached hydrogen (secondary N) is 2. The summed E-state index contributed by atoms with van der Waals surface area (Å²) >= 11 is 6.12. The van der Waals surface area contributed by atoms with Gasteiger partial charge < -0.3 is 14.8 Å². The number of carbonyl (C=O) groups is 1. The monoisotopic (exact) mass is 487 g/mol. The summed E-state index contributed by atoms with van der Waals surface area (Å²) in [5, 5.41) is 2.84. The van der Waals surface area contributed by atoms with Crippen molar-refractivity contribution in [2.75, 3.05) is 19.8 Å². The third-order valence-electron chi connectivity index (χ3n) is 4.98. The summed E-state index contributed by atoms with van der Waals surface area (Å²) in [6.07, 6.45) is 3.74. The van der Waals surface area contributed by atoms with E-state index >= 15 is 0 Å². The van der Waals surface area contributed by atoms with E-state index in [1.807, 2.05) is 18.2 Å². The Morgan fingerprint density at radius 3 is 2.64 bits per heavy atom. The molecule has 1 amide bonds. The number of hydrogen-bond acceptors (Lipinski definition) is 6. The largest absolute Gasteiger partial charge is 0.486 e. The molecule has 0 spiro atoms. The van der Waals surface area contributed by atoms with Crippen LogP contribution >= 0.6 is 11.6 Å². The maximum Gasteiger partial charge on any atom is 0.251 e. The fraction of sp³-hybridized carbons (Fsp3) is 0.217. The van der Waals surface area contributed by atoms with Gasteiger partial charge in [0.05, 0.1) is 5.02 Å². The van der Waals surface area contributed by atoms with E-state index in [0.717, 1.165) is 5.56 Å². The third-order valence-corrected chi connectivity index (χ3v) is 6.86. The Kier molecular flexibility index (Phi) is 7.12. The molecule has 0 aliphatic carbocycles. The van der Waals surface area contributed by atoms with Crippen molar-refractivity contribution in [2.45, 2.75) is 17.9 Å². The second-order valence-corrected chi connectivity index (χ2v) is 9.46. The first-order valence-electron chi connectivity index (χ1n) is 10.3. The normalized spacial score (nSPS) is 12.9. The van der Waals surface area contributed by atoms with Gasteiger partial charge >= 0.3 is 0 Å². The lowest BCUT2D eigenvalue weighted by molar-refractivity contribution is 0.0954. The van der Waals surface area contributed by atoms with Crippen LogP contribution in [-0.4, -0.2) is 39.1 Å². The first kappa shape index (κ1) is 23.0. The number of fused-ring (bicyclic) bond motifs is 1. The molecule has 33 heavy (non-hydrogen) atoms. The molecule has 0 unspecified atom stereocenters. The van der Waals surface area contributed by atoms with Crippen LogP contribution in [0, 0.1) is 0 Å². The third kappa shape index (κ3) is 5.81. The van der Waals surface area contributed by atoms with E-state index in [1.54, 1.807) is 24.5 Å². The van der Waals surface area contributed by atoms with E-state index in [9.17, 15) is 13.2 Å². The highest BCUT2D eigenvalue weighted by atomic mass is 35.5. The lowest BCUT2D eigenvalue weighted by Gasteiger charge is -2.18. The highest BCUT2D eigenvalue weighted by Gasteiger charge is 2.20. The van der Waals surface area contributed by atoms with Crippen molar-refractivity contribution in [1.82, 2.24) is 15.0 Å². The Morgan fingerprint density at radius 2 is 1.85 bits per heavy atom. The summed E-state index contributed by atoms with van der Waals surface area (Å²) in [7, 11) is -3.93. The smallest absolute Gasteiger partial charge is 0.251 e. The summed E-state index contributed by atoms with van der Waals surface area (Å²) < 4.78 is 39.1. The molecule has 10 heteroatoms. The first-order valence-corrected chi connectivity index (χ1v) is 12.1. The molecule has 8 nitrogen and oxygen atoms in total. The van der Waals surface area contributed by atoms with Gasteiger partial charge in [0.25, 0.3) is 5.91 Å². The van der Waals surface area contributed by atoms with Crippen LogP contribution in [-0.2, 0) is 23.0 Å². The molecule has 2 heterocycles. The summed E-state index contributed by atoms with van der Waals surface area (Å²) in [5.74, 6) is 1.01. The van der Waals surface area contributed by atoms with E-state index in [-0.39, 0.29) is 22.0 Å². The number of sulfonamides is 1. The molecule has 1 aromatic heterocycles. The number of amides is 1. The van der Waals surface area contributed by atoms with Crippen LogP contribution in [0.15, 0.2) is 65.8 Å². The van der Waals surface area contributed by atoms with Crippen LogP contribution in [0.4, 0.5) is 0 Å². The number of benzene rings is 2. The Labute approximate surface area is 197 Å². The molecule has 0 atom stereocenters. The minimum atomic E-state index is -3.93. The molecule has 2 aromatic carbocycles. The fourth-order valence-corrected chi connectivity index (χ4v) is 4.82. The highest BCUT2D eigenvalue weighted by molar-refractivity contribution is 7.89. The second kappa shape index (κ2) is 10.2. The Morgan fingerprint density at radius 1 is 1.03 bits per heavy atom. The van der Waals surface area contributed by atoms with E-state index in [4.69, 9.17) is 21.1 Å². The van der Waals surface area contributed by atoms with Crippen LogP contribution in [0.3, 0.4) is 0 Å². The van der Waals surface area contributed by atoms with Gasteiger partial charge in [0.2, 0.25) is 10.0 Å². The van der Waals surface area contributed by atoms with Crippen LogP contribution < -0.4 is 19.5 Å². The van der Waals surface area contributed by atoms with Crippen LogP contribution in [0.1, 0.15) is 21.5 Å². The Bertz CT molecular complexity index is 1250. The second-order valence-electron chi connectivity index (χ2n) is 7.31. The number of pyridine rings is 1. The van der Waals surface area contributed by atoms with E-state index in [0.29, 0.717) is 43.2 Å². The van der Waals surface area contributed by atoms with Crippen molar-refractivity contribution in [3.05, 3.63) is 82.6 Å². The number of halogens is 1. The Balaban J connectivity index is 1.38. The zero-order valence-corrected chi connectivity index (χ0v) is 19.2. The minimum Gasteiger partial charge on any atom is -0.486 e. The molecule has 0 radical (unpaired) electrons. The van der Waals surface area contributed by atoms with Gasteiger partial charge in [0.15, 0.2) is 11.5 Å². The molecule has 172 valence electrons. The molecule has 1 aliphatic rings. The number of carbonyl (C=O) groups excluding carboxylic acids is 1. The number of aromatic nitrogens is 1. The standard InChI is InChI=1S/C23H22ClN3O5S/c24-19-5-4-18(13-22(19)33(29,30)27-15-17-2-1-8-25-14-17)23(28)26-9-7-16-3-6-20-21(12-16)32-11-10-31-20/h1-6,8,12-14,27H,7,9-11,15H2,(H,26,28). The predicted molar refractivity (Wildman–Crippen MR) is 123 cm³/mol. The van der Waals surface area contributed by atoms with Gasteiger partial charge in [0.1, 0.15) is 18.1 Å². The predicted octanol–water partition coefficient (Wildman–Crippen LogP) is 2.96. The van der Waals surface area contributed by atoms with Gasteiger partial charge in [-0.3, -0.25) is 9.78 Å². The quantitative estimate of drug-likeness (QED) is 0.506. The lowest BCUT2D eigenvalue weighted by atomic mass is 10.1. The van der Waals surface area contributed by atoms with E-state index < -0.39 is 15.9 Å². The molecule has 3 aromatic rings. The maximum atomic E-state index is 12.7. The van der Waals surface area contributed by atoms with Crippen molar-refractivity contribution >= 4 is 27.5 Å². The summed E-state index contributed by atoms with van der Waals surface area (Å²) in [6.45, 7) is 1.45. The van der Waals surface area contributed by atoms with Crippen molar-refractivity contribution in [3.63, 3.8) is 0 Å². The van der Waals surface area contributed by atoms with Gasteiger partial charge in [-0.15, -0.1) is 0 Å². The van der Waals surface area contributed by atoms with Gasteiger partial charge in [-0.1, -0.05) is 23.7 Å². The minimum absolute atomic E-state index is 0.0292. The molecular weight excluding hydrogens is 466 g/mol. The van der Waals surface area contributed by atoms with Gasteiger partial charge in [0, 0.05) is 31.0 Å². The zero-order chi connectivity index (χ0) is 23.3. The molecule has 0 saturated carbocycles. The van der Waals surface area contributed by atoms with Crippen LogP contribution in [0.5, 0.6) is 11.5 Å². The number of hydrogen-bond donors (Lipinski definition) is 2. The molecule has 4 rings (SSSR count). The summed E-state index contributed by atoms with van der Waals surface area (Å²) in [5.41, 5.74) is 1.88. The van der Waals surface area contributed by atoms with Crippen molar-refractivity contribution in [2.24, 2.45) is 0 Å². The molecule has 0 saturated heterocycles. The lowest BCUT2D eigenvalue weighted by Crippen LogP contribution is -2.27. The molecule has 1 aliphatic heterocycles. The van der Waals surface area contributed by atoms with Crippen molar-refractivity contribution in [1.29, 1.82) is 0 Å². The fourth-order valence-electron chi connectivity index (χ4n) is 3.28. The molecule has 2 N–H and O–H groups in total. The average Bonchev–Trinajstić information content (AvgIpc) is 2.83. The highest BCUT2D eigenvalue weighted by Crippen LogP contribution is 2.30. The summed E-state index contributed by atoms with van der Waals surface area (Å²) in [4.78, 5) is 16.4. The number of nitrogens with zero attached hydrogens (tertiary/aromatic N) is 1. The van der Waals surface area contributed by atoms with Gasteiger partial charge in [-0.05, 0) is 53.9 Å². The van der Waals surface area contributed by atoms with E-state index in [2.05, 4.69) is 15.0 Å². The van der Waals surface area contributed by atoms with Gasteiger partial charge in [-0.25, -0.2) is 13.1 Å². The van der Waals surface area contributed by atoms with E-state index in [1.165, 1.54) is 18.2 Å². The Hall–Kier alpha value is -3.14. The molecule has 0 fully saturated rings. The van der Waals surface area contributed by atoms with Crippen molar-refractivity contribution < 1.29 is 22.7 Å². The average molecular weight is 488 g/mol. The maximum absolute atomic E-state index is 12.7. The van der Waals surface area contributed by atoms with Crippen LogP contribution in [0.2, 0.25) is 5.02 Å². The zero-order valence-electron chi connectivity index (χ0n) is 17.6. The van der Waals surface area contributed by atoms with Gasteiger partial charge in [-0.2, -0.15) is 0 Å². The topological polar surface area (TPSA) is 107 Å². The van der Waals surface area contributed by atoms with Crippen molar-refractivity contribution in [3.8, 4) is 11.5 Å². The SMILES string of the molecule is O=C(NCCc1ccc2c(c1)OCCO2)c1ccc(Cl)c(S(=O)(=O)NCc2cccnc2)c1. The number of ether oxygens (including phenoxy) is 2. The van der Waals surface area contributed by atoms with Crippen LogP contribution in [0.25, 0.3) is 0 Å². The molecule has 0 bridgehead atoms. The number of rotatable bonds is 8. The first-order chi connectivity index (χ1) is 15.9. The summed E-state index contributed by atoms with van der Waals surface area (Å²) in [6, 6.07) is 13.3.